The standard InChI is InChI=1S/C19H19BrN4O/c1-3-24-17-7-6-14(11-16(17)21-22-24)19(25)23-8-4-5-13-10-15(20)9-12(2)18(13)23/h6-7,9-11H,3-5,8H2,1-2H3. The first-order valence-electron chi connectivity index (χ1n) is 8.52. The molecule has 0 spiro atoms. The molecular weight excluding hydrogens is 380 g/mol. The zero-order valence-electron chi connectivity index (χ0n) is 14.3. The number of halogens is 1. The second-order valence-corrected chi connectivity index (χ2v) is 7.32. The number of rotatable bonds is 2. The molecule has 1 aromatic heterocycles. The maximum Gasteiger partial charge on any atom is 0.258 e. The van der Waals surface area contributed by atoms with Gasteiger partial charge in [-0.3, -0.25) is 4.79 Å². The lowest BCUT2D eigenvalue weighted by Gasteiger charge is -2.31. The summed E-state index contributed by atoms with van der Waals surface area (Å²) in [6.45, 7) is 5.59. The summed E-state index contributed by atoms with van der Waals surface area (Å²) in [5.74, 6) is 0.0271. The van der Waals surface area contributed by atoms with Crippen LogP contribution in [0.25, 0.3) is 11.0 Å². The van der Waals surface area contributed by atoms with Crippen LogP contribution < -0.4 is 4.90 Å². The highest BCUT2D eigenvalue weighted by Crippen LogP contribution is 2.34. The van der Waals surface area contributed by atoms with Crippen LogP contribution in [-0.2, 0) is 13.0 Å². The zero-order valence-corrected chi connectivity index (χ0v) is 15.9. The quantitative estimate of drug-likeness (QED) is 0.652. The number of aryl methyl sites for hydroxylation is 3. The van der Waals surface area contributed by atoms with Crippen molar-refractivity contribution in [3.05, 3.63) is 51.5 Å². The number of fused-ring (bicyclic) bond motifs is 2. The second-order valence-electron chi connectivity index (χ2n) is 6.40. The predicted molar refractivity (Wildman–Crippen MR) is 102 cm³/mol. The van der Waals surface area contributed by atoms with Crippen LogP contribution in [0.1, 0.15) is 34.8 Å². The minimum Gasteiger partial charge on any atom is -0.308 e. The number of benzene rings is 2. The molecule has 0 aliphatic carbocycles. The zero-order chi connectivity index (χ0) is 17.6. The van der Waals surface area contributed by atoms with Gasteiger partial charge in [0.15, 0.2) is 0 Å². The Kier molecular flexibility index (Phi) is 4.07. The maximum atomic E-state index is 13.2. The molecule has 0 saturated carbocycles. The van der Waals surface area contributed by atoms with Crippen LogP contribution >= 0.6 is 15.9 Å². The number of nitrogens with zero attached hydrogens (tertiary/aromatic N) is 4. The van der Waals surface area contributed by atoms with Gasteiger partial charge in [-0.15, -0.1) is 5.10 Å². The Labute approximate surface area is 154 Å². The van der Waals surface area contributed by atoms with Gasteiger partial charge < -0.3 is 4.90 Å². The molecule has 0 saturated heterocycles. The summed E-state index contributed by atoms with van der Waals surface area (Å²) >= 11 is 3.56. The van der Waals surface area contributed by atoms with Gasteiger partial charge in [0.25, 0.3) is 5.91 Å². The highest BCUT2D eigenvalue weighted by atomic mass is 79.9. The number of carbonyl (C=O) groups excluding carboxylic acids is 1. The summed E-state index contributed by atoms with van der Waals surface area (Å²) < 4.78 is 2.90. The van der Waals surface area contributed by atoms with E-state index < -0.39 is 0 Å². The van der Waals surface area contributed by atoms with Crippen molar-refractivity contribution in [3.63, 3.8) is 0 Å². The molecule has 0 bridgehead atoms. The lowest BCUT2D eigenvalue weighted by Crippen LogP contribution is -2.36. The average Bonchev–Trinajstić information content (AvgIpc) is 3.02. The molecule has 5 nitrogen and oxygen atoms in total. The van der Waals surface area contributed by atoms with E-state index in [1.807, 2.05) is 34.7 Å². The number of amides is 1. The second kappa shape index (κ2) is 6.26. The van der Waals surface area contributed by atoms with Crippen LogP contribution in [0.4, 0.5) is 5.69 Å². The van der Waals surface area contributed by atoms with Gasteiger partial charge >= 0.3 is 0 Å². The largest absolute Gasteiger partial charge is 0.308 e. The number of carbonyl (C=O) groups is 1. The van der Waals surface area contributed by atoms with E-state index in [4.69, 9.17) is 0 Å². The molecule has 2 heterocycles. The molecule has 3 aromatic rings. The van der Waals surface area contributed by atoms with Crippen LogP contribution in [0, 0.1) is 6.92 Å². The fraction of sp³-hybridized carbons (Fsp3) is 0.316. The molecule has 0 N–H and O–H groups in total. The molecule has 0 fully saturated rings. The van der Waals surface area contributed by atoms with Gasteiger partial charge in [-0.1, -0.05) is 21.1 Å². The van der Waals surface area contributed by atoms with E-state index in [9.17, 15) is 4.79 Å². The van der Waals surface area contributed by atoms with Crippen LogP contribution in [-0.4, -0.2) is 27.4 Å². The summed E-state index contributed by atoms with van der Waals surface area (Å²) in [6, 6.07) is 9.85. The van der Waals surface area contributed by atoms with Crippen molar-refractivity contribution in [2.75, 3.05) is 11.4 Å². The molecule has 1 aliphatic rings. The monoisotopic (exact) mass is 398 g/mol. The molecule has 1 amide bonds. The van der Waals surface area contributed by atoms with Crippen molar-refractivity contribution in [2.24, 2.45) is 0 Å². The van der Waals surface area contributed by atoms with E-state index in [0.29, 0.717) is 5.56 Å². The number of hydrogen-bond acceptors (Lipinski definition) is 3. The Balaban J connectivity index is 1.75. The van der Waals surface area contributed by atoms with Gasteiger partial charge in [0, 0.05) is 23.1 Å². The van der Waals surface area contributed by atoms with E-state index in [1.165, 1.54) is 5.56 Å². The van der Waals surface area contributed by atoms with Crippen molar-refractivity contribution in [1.29, 1.82) is 0 Å². The van der Waals surface area contributed by atoms with Crippen molar-refractivity contribution in [1.82, 2.24) is 15.0 Å². The Morgan fingerprint density at radius 2 is 2.12 bits per heavy atom. The van der Waals surface area contributed by atoms with Crippen LogP contribution in [0.5, 0.6) is 0 Å². The van der Waals surface area contributed by atoms with Crippen molar-refractivity contribution >= 4 is 38.6 Å². The molecule has 0 radical (unpaired) electrons. The van der Waals surface area contributed by atoms with Gasteiger partial charge in [-0.2, -0.15) is 0 Å². The van der Waals surface area contributed by atoms with Crippen molar-refractivity contribution in [2.45, 2.75) is 33.2 Å². The molecule has 128 valence electrons. The molecule has 2 aromatic carbocycles. The molecule has 0 atom stereocenters. The summed E-state index contributed by atoms with van der Waals surface area (Å²) in [5, 5.41) is 8.31. The number of hydrogen-bond donors (Lipinski definition) is 0. The maximum absolute atomic E-state index is 13.2. The van der Waals surface area contributed by atoms with Gasteiger partial charge in [0.05, 0.1) is 11.2 Å². The normalized spacial score (nSPS) is 14.0. The number of anilines is 1. The summed E-state index contributed by atoms with van der Waals surface area (Å²) in [5.41, 5.74) is 5.78. The van der Waals surface area contributed by atoms with E-state index in [0.717, 1.165) is 52.7 Å². The molecule has 4 rings (SSSR count). The lowest BCUT2D eigenvalue weighted by molar-refractivity contribution is 0.0985. The molecule has 0 unspecified atom stereocenters. The Morgan fingerprint density at radius 1 is 1.28 bits per heavy atom. The fourth-order valence-electron chi connectivity index (χ4n) is 3.62. The van der Waals surface area contributed by atoms with Crippen LogP contribution in [0.2, 0.25) is 0 Å². The fourth-order valence-corrected chi connectivity index (χ4v) is 4.24. The first-order valence-corrected chi connectivity index (χ1v) is 9.32. The number of aromatic nitrogens is 3. The topological polar surface area (TPSA) is 51.0 Å². The molecule has 1 aliphatic heterocycles. The van der Waals surface area contributed by atoms with E-state index in [2.05, 4.69) is 45.3 Å². The van der Waals surface area contributed by atoms with Crippen LogP contribution in [0.15, 0.2) is 34.8 Å². The average molecular weight is 399 g/mol. The Hall–Kier alpha value is -2.21. The summed E-state index contributed by atoms with van der Waals surface area (Å²) in [6.07, 6.45) is 1.98. The van der Waals surface area contributed by atoms with Gasteiger partial charge in [-0.25, -0.2) is 4.68 Å². The Morgan fingerprint density at radius 3 is 2.92 bits per heavy atom. The lowest BCUT2D eigenvalue weighted by atomic mass is 9.97. The minimum absolute atomic E-state index is 0.0271. The molecule has 6 heteroatoms. The molecular formula is C19H19BrN4O. The minimum atomic E-state index is 0.0271. The van der Waals surface area contributed by atoms with E-state index in [-0.39, 0.29) is 5.91 Å². The summed E-state index contributed by atoms with van der Waals surface area (Å²) in [7, 11) is 0. The molecule has 25 heavy (non-hydrogen) atoms. The third-order valence-corrected chi connectivity index (χ3v) is 5.21. The van der Waals surface area contributed by atoms with Crippen molar-refractivity contribution < 1.29 is 4.79 Å². The third-order valence-electron chi connectivity index (χ3n) is 4.75. The van der Waals surface area contributed by atoms with E-state index in [1.54, 1.807) is 0 Å². The van der Waals surface area contributed by atoms with Crippen LogP contribution in [0.3, 0.4) is 0 Å². The van der Waals surface area contributed by atoms with Gasteiger partial charge in [0.2, 0.25) is 0 Å². The van der Waals surface area contributed by atoms with Crippen molar-refractivity contribution in [3.8, 4) is 0 Å². The van der Waals surface area contributed by atoms with E-state index >= 15 is 0 Å². The van der Waals surface area contributed by atoms with Gasteiger partial charge in [0.1, 0.15) is 5.52 Å². The highest BCUT2D eigenvalue weighted by Gasteiger charge is 2.26. The summed E-state index contributed by atoms with van der Waals surface area (Å²) in [4.78, 5) is 15.1. The Bertz CT molecular complexity index is 979. The SMILES string of the molecule is CCn1nnc2cc(C(=O)N3CCCc4cc(Br)cc(C)c43)ccc21. The smallest absolute Gasteiger partial charge is 0.258 e. The first kappa shape index (κ1) is 16.3. The highest BCUT2D eigenvalue weighted by molar-refractivity contribution is 9.10. The first-order chi connectivity index (χ1) is 12.1. The van der Waals surface area contributed by atoms with Gasteiger partial charge in [-0.05, 0) is 68.1 Å². The predicted octanol–water partition coefficient (Wildman–Crippen LogP) is 4.12. The third kappa shape index (κ3) is 2.74.